The number of halogens is 2. The minimum absolute atomic E-state index is 0.0543. The fourth-order valence-electron chi connectivity index (χ4n) is 3.13. The number of anilines is 1. The molecule has 0 aliphatic heterocycles. The summed E-state index contributed by atoms with van der Waals surface area (Å²) in [5, 5.41) is 11.1. The van der Waals surface area contributed by atoms with Crippen molar-refractivity contribution < 1.29 is 9.59 Å². The molecule has 0 unspecified atom stereocenters. The average molecular weight is 466 g/mol. The first kappa shape index (κ1) is 21.7. The Bertz CT molecular complexity index is 1240. The molecule has 160 valence electrons. The van der Waals surface area contributed by atoms with Crippen molar-refractivity contribution in [2.45, 2.75) is 13.0 Å². The molecule has 2 aromatic carbocycles. The highest BCUT2D eigenvalue weighted by atomic mass is 35.5. The molecule has 0 radical (unpaired) electrons. The first-order valence-electron chi connectivity index (χ1n) is 9.64. The van der Waals surface area contributed by atoms with Crippen molar-refractivity contribution >= 4 is 40.7 Å². The van der Waals surface area contributed by atoms with Gasteiger partial charge in [-0.05, 0) is 35.4 Å². The number of carbonyl (C=O) groups excluding carboxylic acids is 2. The van der Waals surface area contributed by atoms with Crippen LogP contribution in [0.3, 0.4) is 0 Å². The van der Waals surface area contributed by atoms with E-state index >= 15 is 0 Å². The first-order chi connectivity index (χ1) is 15.5. The van der Waals surface area contributed by atoms with Crippen molar-refractivity contribution in [2.75, 3.05) is 5.32 Å². The summed E-state index contributed by atoms with van der Waals surface area (Å²) in [5.41, 5.74) is 2.45. The Morgan fingerprint density at radius 2 is 1.62 bits per heavy atom. The number of nitrogens with zero attached hydrogens (tertiary/aromatic N) is 4. The molecule has 0 aliphatic carbocycles. The zero-order valence-electron chi connectivity index (χ0n) is 16.7. The molecule has 0 fully saturated rings. The van der Waals surface area contributed by atoms with Crippen LogP contribution in [0.4, 0.5) is 5.82 Å². The standard InChI is InChI=1S/C23H17Cl2N5O2/c24-18-6-5-17(20(10-18)23(32)29-22-8-7-19(25)11-26-22)9-21(31)16-3-1-15(2-4-16)12-30-13-27-28-14-30/h1-8,10-11,13-14H,9,12H2,(H,26,29,32). The lowest BCUT2D eigenvalue weighted by atomic mass is 9.97. The predicted octanol–water partition coefficient (Wildman–Crippen LogP) is 4.71. The van der Waals surface area contributed by atoms with E-state index in [1.807, 2.05) is 16.7 Å². The summed E-state index contributed by atoms with van der Waals surface area (Å²) in [4.78, 5) is 29.8. The van der Waals surface area contributed by atoms with E-state index < -0.39 is 5.91 Å². The van der Waals surface area contributed by atoms with Gasteiger partial charge in [0, 0.05) is 35.3 Å². The van der Waals surface area contributed by atoms with Gasteiger partial charge in [-0.2, -0.15) is 0 Å². The summed E-state index contributed by atoms with van der Waals surface area (Å²) in [7, 11) is 0. The van der Waals surface area contributed by atoms with Crippen molar-refractivity contribution in [1.29, 1.82) is 0 Å². The third kappa shape index (κ3) is 5.38. The second-order valence-electron chi connectivity index (χ2n) is 7.05. The topological polar surface area (TPSA) is 89.8 Å². The molecule has 1 N–H and O–H groups in total. The fourth-order valence-corrected chi connectivity index (χ4v) is 3.42. The molecule has 0 bridgehead atoms. The third-order valence-corrected chi connectivity index (χ3v) is 5.20. The number of ketones is 1. The van der Waals surface area contributed by atoms with Gasteiger partial charge in [-0.3, -0.25) is 9.59 Å². The Hall–Kier alpha value is -3.55. The highest BCUT2D eigenvalue weighted by Gasteiger charge is 2.17. The van der Waals surface area contributed by atoms with Crippen molar-refractivity contribution in [3.63, 3.8) is 0 Å². The van der Waals surface area contributed by atoms with Crippen LogP contribution in [0.5, 0.6) is 0 Å². The van der Waals surface area contributed by atoms with E-state index in [0.29, 0.717) is 39.1 Å². The van der Waals surface area contributed by atoms with Crippen LogP contribution >= 0.6 is 23.2 Å². The number of Topliss-reactive ketones (excluding diaryl/α,β-unsaturated/α-hetero) is 1. The number of rotatable bonds is 7. The van der Waals surface area contributed by atoms with Crippen LogP contribution in [0.1, 0.15) is 31.8 Å². The lowest BCUT2D eigenvalue weighted by molar-refractivity contribution is 0.0992. The quantitative estimate of drug-likeness (QED) is 0.399. The zero-order chi connectivity index (χ0) is 22.5. The van der Waals surface area contributed by atoms with E-state index in [1.165, 1.54) is 12.3 Å². The molecule has 4 rings (SSSR count). The summed E-state index contributed by atoms with van der Waals surface area (Å²) in [6, 6.07) is 15.4. The Labute approximate surface area is 194 Å². The Balaban J connectivity index is 1.49. The van der Waals surface area contributed by atoms with Crippen LogP contribution < -0.4 is 5.32 Å². The molecule has 0 saturated carbocycles. The van der Waals surface area contributed by atoms with Crippen LogP contribution in [0, 0.1) is 0 Å². The lowest BCUT2D eigenvalue weighted by Gasteiger charge is -2.11. The minimum Gasteiger partial charge on any atom is -0.316 e. The SMILES string of the molecule is O=C(Cc1ccc(Cl)cc1C(=O)Nc1ccc(Cl)cn1)c1ccc(Cn2cnnc2)cc1. The number of hydrogen-bond acceptors (Lipinski definition) is 5. The predicted molar refractivity (Wildman–Crippen MR) is 122 cm³/mol. The largest absolute Gasteiger partial charge is 0.316 e. The number of aromatic nitrogens is 4. The average Bonchev–Trinajstić information content (AvgIpc) is 3.30. The summed E-state index contributed by atoms with van der Waals surface area (Å²) >= 11 is 11.9. The molecule has 1 amide bonds. The monoisotopic (exact) mass is 465 g/mol. The smallest absolute Gasteiger partial charge is 0.257 e. The molecule has 32 heavy (non-hydrogen) atoms. The van der Waals surface area contributed by atoms with Gasteiger partial charge in [-0.25, -0.2) is 4.98 Å². The second kappa shape index (κ2) is 9.72. The maximum atomic E-state index is 12.9. The van der Waals surface area contributed by atoms with Crippen molar-refractivity contribution in [2.24, 2.45) is 0 Å². The van der Waals surface area contributed by atoms with Gasteiger partial charge in [-0.15, -0.1) is 10.2 Å². The van der Waals surface area contributed by atoms with Gasteiger partial charge < -0.3 is 9.88 Å². The molecule has 0 saturated heterocycles. The Morgan fingerprint density at radius 1 is 0.906 bits per heavy atom. The van der Waals surface area contributed by atoms with E-state index in [2.05, 4.69) is 20.5 Å². The summed E-state index contributed by atoms with van der Waals surface area (Å²) in [6.45, 7) is 0.613. The summed E-state index contributed by atoms with van der Waals surface area (Å²) in [6.07, 6.45) is 4.75. The Kier molecular flexibility index (Phi) is 6.58. The third-order valence-electron chi connectivity index (χ3n) is 4.74. The molecule has 2 aromatic heterocycles. The van der Waals surface area contributed by atoms with Crippen LogP contribution in [-0.2, 0) is 13.0 Å². The normalized spacial score (nSPS) is 10.7. The van der Waals surface area contributed by atoms with E-state index in [-0.39, 0.29) is 12.2 Å². The number of carbonyl (C=O) groups is 2. The van der Waals surface area contributed by atoms with Gasteiger partial charge in [0.25, 0.3) is 5.91 Å². The maximum Gasteiger partial charge on any atom is 0.257 e. The van der Waals surface area contributed by atoms with Gasteiger partial charge in [-0.1, -0.05) is 53.5 Å². The van der Waals surface area contributed by atoms with Gasteiger partial charge in [0.1, 0.15) is 18.5 Å². The van der Waals surface area contributed by atoms with Gasteiger partial charge in [0.2, 0.25) is 0 Å². The number of nitrogens with one attached hydrogen (secondary N) is 1. The van der Waals surface area contributed by atoms with E-state index in [9.17, 15) is 9.59 Å². The molecule has 4 aromatic rings. The molecular weight excluding hydrogens is 449 g/mol. The van der Waals surface area contributed by atoms with E-state index in [4.69, 9.17) is 23.2 Å². The fraction of sp³-hybridized carbons (Fsp3) is 0.0870. The molecule has 0 spiro atoms. The molecule has 0 atom stereocenters. The summed E-state index contributed by atoms with van der Waals surface area (Å²) in [5.74, 6) is -0.170. The van der Waals surface area contributed by atoms with Gasteiger partial charge in [0.15, 0.2) is 5.78 Å². The summed E-state index contributed by atoms with van der Waals surface area (Å²) < 4.78 is 1.84. The minimum atomic E-state index is -0.408. The molecule has 2 heterocycles. The second-order valence-corrected chi connectivity index (χ2v) is 7.92. The number of hydrogen-bond donors (Lipinski definition) is 1. The molecule has 7 nitrogen and oxygen atoms in total. The maximum absolute atomic E-state index is 12.9. The Morgan fingerprint density at radius 3 is 2.31 bits per heavy atom. The van der Waals surface area contributed by atoms with E-state index in [0.717, 1.165) is 5.56 Å². The van der Waals surface area contributed by atoms with Crippen LogP contribution in [0.15, 0.2) is 73.4 Å². The number of benzene rings is 2. The van der Waals surface area contributed by atoms with Crippen LogP contribution in [0.2, 0.25) is 10.0 Å². The molecule has 0 aliphatic rings. The highest BCUT2D eigenvalue weighted by Crippen LogP contribution is 2.20. The van der Waals surface area contributed by atoms with Crippen molar-refractivity contribution in [3.05, 3.63) is 106 Å². The number of pyridine rings is 1. The van der Waals surface area contributed by atoms with Crippen molar-refractivity contribution in [3.8, 4) is 0 Å². The van der Waals surface area contributed by atoms with Crippen LogP contribution in [-0.4, -0.2) is 31.4 Å². The van der Waals surface area contributed by atoms with Crippen LogP contribution in [0.25, 0.3) is 0 Å². The van der Waals surface area contributed by atoms with E-state index in [1.54, 1.807) is 49.1 Å². The molecule has 9 heteroatoms. The first-order valence-corrected chi connectivity index (χ1v) is 10.4. The number of amides is 1. The van der Waals surface area contributed by atoms with Crippen molar-refractivity contribution in [1.82, 2.24) is 19.7 Å². The molecular formula is C23H17Cl2N5O2. The van der Waals surface area contributed by atoms with Gasteiger partial charge in [0.05, 0.1) is 5.02 Å². The zero-order valence-corrected chi connectivity index (χ0v) is 18.2. The highest BCUT2D eigenvalue weighted by molar-refractivity contribution is 6.31. The van der Waals surface area contributed by atoms with Gasteiger partial charge >= 0.3 is 0 Å². The lowest BCUT2D eigenvalue weighted by Crippen LogP contribution is -2.17.